The van der Waals surface area contributed by atoms with Crippen LogP contribution in [0.25, 0.3) is 11.3 Å². The lowest BCUT2D eigenvalue weighted by atomic mass is 10.1. The van der Waals surface area contributed by atoms with E-state index in [0.29, 0.717) is 0 Å². The van der Waals surface area contributed by atoms with Crippen molar-refractivity contribution in [2.75, 3.05) is 5.32 Å². The Morgan fingerprint density at radius 1 is 1.15 bits per heavy atom. The van der Waals surface area contributed by atoms with Gasteiger partial charge < -0.3 is 5.32 Å². The summed E-state index contributed by atoms with van der Waals surface area (Å²) in [4.78, 5) is 8.40. The van der Waals surface area contributed by atoms with Gasteiger partial charge in [0, 0.05) is 29.8 Å². The van der Waals surface area contributed by atoms with Crippen LogP contribution in [0, 0.1) is 0 Å². The third kappa shape index (κ3) is 2.66. The molecule has 1 aromatic carbocycles. The van der Waals surface area contributed by atoms with Crippen molar-refractivity contribution < 1.29 is 0 Å². The van der Waals surface area contributed by atoms with Crippen molar-refractivity contribution in [3.63, 3.8) is 0 Å². The van der Waals surface area contributed by atoms with Crippen LogP contribution < -0.4 is 5.32 Å². The van der Waals surface area contributed by atoms with Crippen LogP contribution in [-0.4, -0.2) is 20.2 Å². The van der Waals surface area contributed by atoms with E-state index in [1.807, 2.05) is 24.3 Å². The van der Waals surface area contributed by atoms with Gasteiger partial charge in [0.2, 0.25) is 0 Å². The molecule has 5 heteroatoms. The minimum atomic E-state index is 0.0979. The first kappa shape index (κ1) is 12.3. The Hall–Kier alpha value is -2.69. The van der Waals surface area contributed by atoms with E-state index < -0.39 is 0 Å². The van der Waals surface area contributed by atoms with Crippen LogP contribution in [0.15, 0.2) is 55.1 Å². The molecule has 0 aliphatic heterocycles. The summed E-state index contributed by atoms with van der Waals surface area (Å²) in [6.07, 6.45) is 6.90. The van der Waals surface area contributed by atoms with Crippen LogP contribution >= 0.6 is 0 Å². The number of hydrogen-bond acceptors (Lipinski definition) is 4. The summed E-state index contributed by atoms with van der Waals surface area (Å²) in [7, 11) is 0. The van der Waals surface area contributed by atoms with Crippen molar-refractivity contribution >= 4 is 5.69 Å². The van der Waals surface area contributed by atoms with Crippen LogP contribution in [0.4, 0.5) is 5.69 Å². The van der Waals surface area contributed by atoms with Gasteiger partial charge >= 0.3 is 0 Å². The van der Waals surface area contributed by atoms with Crippen LogP contribution in [0.1, 0.15) is 18.7 Å². The molecule has 0 saturated carbocycles. The van der Waals surface area contributed by atoms with E-state index in [0.717, 1.165) is 22.6 Å². The molecule has 0 spiro atoms. The average Bonchev–Trinajstić information content (AvgIpc) is 3.03. The fourth-order valence-electron chi connectivity index (χ4n) is 2.05. The monoisotopic (exact) mass is 265 g/mol. The maximum absolute atomic E-state index is 4.31. The summed E-state index contributed by atoms with van der Waals surface area (Å²) in [5, 5.41) is 10.4. The zero-order valence-corrected chi connectivity index (χ0v) is 11.1. The molecule has 0 saturated heterocycles. The van der Waals surface area contributed by atoms with Crippen molar-refractivity contribution in [2.45, 2.75) is 13.0 Å². The first-order valence-electron chi connectivity index (χ1n) is 6.45. The lowest BCUT2D eigenvalue weighted by molar-refractivity contribution is 0.827. The summed E-state index contributed by atoms with van der Waals surface area (Å²) in [6.45, 7) is 2.06. The van der Waals surface area contributed by atoms with Gasteiger partial charge in [-0.05, 0) is 25.1 Å². The number of anilines is 1. The molecule has 5 nitrogen and oxygen atoms in total. The Morgan fingerprint density at radius 2 is 2.10 bits per heavy atom. The molecular formula is C15H15N5. The fourth-order valence-corrected chi connectivity index (χ4v) is 2.05. The van der Waals surface area contributed by atoms with Gasteiger partial charge in [-0.25, -0.2) is 0 Å². The largest absolute Gasteiger partial charge is 0.377 e. The summed E-state index contributed by atoms with van der Waals surface area (Å²) < 4.78 is 0. The Morgan fingerprint density at radius 3 is 2.85 bits per heavy atom. The number of H-pyrrole nitrogens is 1. The summed E-state index contributed by atoms with van der Waals surface area (Å²) in [5.74, 6) is 0. The molecule has 2 N–H and O–H groups in total. The van der Waals surface area contributed by atoms with Gasteiger partial charge in [0.15, 0.2) is 0 Å². The Kier molecular flexibility index (Phi) is 3.41. The molecule has 2 aromatic heterocycles. The number of nitrogens with zero attached hydrogens (tertiary/aromatic N) is 3. The zero-order valence-electron chi connectivity index (χ0n) is 11.1. The molecule has 0 radical (unpaired) electrons. The molecule has 20 heavy (non-hydrogen) atoms. The molecule has 3 aromatic rings. The molecule has 2 heterocycles. The smallest absolute Gasteiger partial charge is 0.0806 e. The highest BCUT2D eigenvalue weighted by Crippen LogP contribution is 2.23. The number of rotatable bonds is 4. The van der Waals surface area contributed by atoms with Crippen LogP contribution in [0.3, 0.4) is 0 Å². The van der Waals surface area contributed by atoms with Crippen molar-refractivity contribution in [1.82, 2.24) is 20.2 Å². The predicted octanol–water partition coefficient (Wildman–Crippen LogP) is 3.04. The van der Waals surface area contributed by atoms with Crippen LogP contribution in [0.5, 0.6) is 0 Å². The van der Waals surface area contributed by atoms with E-state index in [4.69, 9.17) is 0 Å². The zero-order chi connectivity index (χ0) is 13.8. The summed E-state index contributed by atoms with van der Waals surface area (Å²) in [5.41, 5.74) is 4.05. The number of hydrogen-bond donors (Lipinski definition) is 2. The van der Waals surface area contributed by atoms with E-state index in [2.05, 4.69) is 38.5 Å². The third-order valence-electron chi connectivity index (χ3n) is 3.08. The van der Waals surface area contributed by atoms with Crippen LogP contribution in [-0.2, 0) is 0 Å². The number of aromatic nitrogens is 4. The standard InChI is InChI=1S/C15H15N5/c1-11(15-10-16-7-8-17-15)19-13-4-2-3-12(9-13)14-5-6-18-20-14/h2-11,19H,1H3,(H,18,20). The van der Waals surface area contributed by atoms with Crippen molar-refractivity contribution in [3.05, 3.63) is 60.8 Å². The number of aromatic amines is 1. The number of nitrogens with one attached hydrogen (secondary N) is 2. The van der Waals surface area contributed by atoms with E-state index in [-0.39, 0.29) is 6.04 Å². The van der Waals surface area contributed by atoms with E-state index in [9.17, 15) is 0 Å². The Balaban J connectivity index is 1.80. The lowest BCUT2D eigenvalue weighted by Gasteiger charge is -2.14. The van der Waals surface area contributed by atoms with Gasteiger partial charge in [-0.2, -0.15) is 5.10 Å². The minimum Gasteiger partial charge on any atom is -0.377 e. The van der Waals surface area contributed by atoms with Gasteiger partial charge in [0.25, 0.3) is 0 Å². The first-order chi connectivity index (χ1) is 9.83. The molecule has 1 atom stereocenters. The van der Waals surface area contributed by atoms with Gasteiger partial charge in [-0.15, -0.1) is 0 Å². The predicted molar refractivity (Wildman–Crippen MR) is 78.1 cm³/mol. The highest BCUT2D eigenvalue weighted by molar-refractivity contribution is 5.64. The molecule has 0 aliphatic carbocycles. The second kappa shape index (κ2) is 5.52. The maximum atomic E-state index is 4.31. The van der Waals surface area contributed by atoms with E-state index >= 15 is 0 Å². The highest BCUT2D eigenvalue weighted by Gasteiger charge is 2.07. The molecule has 1 unspecified atom stereocenters. The molecule has 0 amide bonds. The lowest BCUT2D eigenvalue weighted by Crippen LogP contribution is -2.08. The van der Waals surface area contributed by atoms with Crippen molar-refractivity contribution in [2.24, 2.45) is 0 Å². The normalized spacial score (nSPS) is 12.1. The first-order valence-corrected chi connectivity index (χ1v) is 6.45. The molecule has 3 rings (SSSR count). The molecule has 0 aliphatic rings. The maximum Gasteiger partial charge on any atom is 0.0806 e. The van der Waals surface area contributed by atoms with E-state index in [1.165, 1.54) is 0 Å². The molecular weight excluding hydrogens is 250 g/mol. The molecule has 0 fully saturated rings. The quantitative estimate of drug-likeness (QED) is 0.761. The van der Waals surface area contributed by atoms with Crippen molar-refractivity contribution in [1.29, 1.82) is 0 Å². The van der Waals surface area contributed by atoms with Gasteiger partial charge in [-0.3, -0.25) is 15.1 Å². The van der Waals surface area contributed by atoms with Crippen LogP contribution in [0.2, 0.25) is 0 Å². The summed E-state index contributed by atoms with van der Waals surface area (Å²) in [6, 6.07) is 10.2. The Labute approximate surface area is 117 Å². The number of benzene rings is 1. The molecule has 100 valence electrons. The second-order valence-electron chi connectivity index (χ2n) is 4.55. The van der Waals surface area contributed by atoms with Gasteiger partial charge in [-0.1, -0.05) is 12.1 Å². The fraction of sp³-hybridized carbons (Fsp3) is 0.133. The van der Waals surface area contributed by atoms with Crippen molar-refractivity contribution in [3.8, 4) is 11.3 Å². The molecule has 0 bridgehead atoms. The average molecular weight is 265 g/mol. The topological polar surface area (TPSA) is 66.5 Å². The minimum absolute atomic E-state index is 0.0979. The van der Waals surface area contributed by atoms with Gasteiger partial charge in [0.05, 0.1) is 23.6 Å². The van der Waals surface area contributed by atoms with Gasteiger partial charge in [0.1, 0.15) is 0 Å². The SMILES string of the molecule is CC(Nc1cccc(-c2ccn[nH]2)c1)c1cnccn1. The second-order valence-corrected chi connectivity index (χ2v) is 4.55. The highest BCUT2D eigenvalue weighted by atomic mass is 15.1. The van der Waals surface area contributed by atoms with E-state index in [1.54, 1.807) is 24.8 Å². The summed E-state index contributed by atoms with van der Waals surface area (Å²) >= 11 is 0. The Bertz CT molecular complexity index is 664. The third-order valence-corrected chi connectivity index (χ3v) is 3.08.